The predicted octanol–water partition coefficient (Wildman–Crippen LogP) is 1.86. The molecular weight excluding hydrogens is 372 g/mol. The van der Waals surface area contributed by atoms with Crippen molar-refractivity contribution in [2.24, 2.45) is 0 Å². The Kier molecular flexibility index (Phi) is 5.26. The molecule has 0 amide bonds. The second-order valence-corrected chi connectivity index (χ2v) is 8.35. The summed E-state index contributed by atoms with van der Waals surface area (Å²) in [7, 11) is -0.112. The van der Waals surface area contributed by atoms with Crippen molar-refractivity contribution in [3.05, 3.63) is 28.2 Å². The van der Waals surface area contributed by atoms with E-state index in [1.807, 2.05) is 7.05 Å². The molecule has 22 heavy (non-hydrogen) atoms. The smallest absolute Gasteiger partial charge is 0.335 e. The van der Waals surface area contributed by atoms with E-state index in [0.717, 1.165) is 19.4 Å². The van der Waals surface area contributed by atoms with Crippen LogP contribution in [0, 0.1) is 0 Å². The van der Waals surface area contributed by atoms with Crippen molar-refractivity contribution in [2.45, 2.75) is 23.8 Å². The first-order valence-corrected chi connectivity index (χ1v) is 9.16. The first-order valence-electron chi connectivity index (χ1n) is 6.93. The molecule has 0 radical (unpaired) electrons. The Bertz CT molecular complexity index is 677. The molecule has 122 valence electrons. The number of rotatable bonds is 4. The monoisotopic (exact) mass is 390 g/mol. The fraction of sp³-hybridized carbons (Fsp3) is 0.500. The molecular formula is C14H19BrN2O4S. The van der Waals surface area contributed by atoms with Crippen molar-refractivity contribution in [1.29, 1.82) is 0 Å². The van der Waals surface area contributed by atoms with Gasteiger partial charge >= 0.3 is 5.97 Å². The quantitative estimate of drug-likeness (QED) is 0.848. The summed E-state index contributed by atoms with van der Waals surface area (Å²) in [6, 6.07) is 3.89. The van der Waals surface area contributed by atoms with Gasteiger partial charge in [0, 0.05) is 24.1 Å². The molecule has 6 nitrogen and oxygen atoms in total. The Morgan fingerprint density at radius 3 is 2.68 bits per heavy atom. The van der Waals surface area contributed by atoms with Crippen molar-refractivity contribution in [1.82, 2.24) is 9.21 Å². The molecule has 2 rings (SSSR count). The molecule has 1 aliphatic heterocycles. The second kappa shape index (κ2) is 6.66. The van der Waals surface area contributed by atoms with Crippen LogP contribution in [0.25, 0.3) is 0 Å². The van der Waals surface area contributed by atoms with Crippen LogP contribution in [0.4, 0.5) is 0 Å². The number of carboxylic acid groups (broad SMARTS) is 1. The van der Waals surface area contributed by atoms with Crippen LogP contribution >= 0.6 is 15.9 Å². The van der Waals surface area contributed by atoms with E-state index in [9.17, 15) is 13.2 Å². The highest BCUT2D eigenvalue weighted by atomic mass is 79.9. The topological polar surface area (TPSA) is 77.9 Å². The number of hydrogen-bond donors (Lipinski definition) is 1. The van der Waals surface area contributed by atoms with Gasteiger partial charge in [-0.15, -0.1) is 0 Å². The Morgan fingerprint density at radius 1 is 1.45 bits per heavy atom. The third-order valence-corrected chi connectivity index (χ3v) is 6.84. The van der Waals surface area contributed by atoms with E-state index in [1.165, 1.54) is 22.5 Å². The van der Waals surface area contributed by atoms with Gasteiger partial charge in [0.25, 0.3) is 0 Å². The number of nitrogens with zero attached hydrogens (tertiary/aromatic N) is 2. The number of likely N-dealkylation sites (N-methyl/N-ethyl adjacent to an activating group) is 2. The third-order valence-electron chi connectivity index (χ3n) is 3.95. The van der Waals surface area contributed by atoms with Crippen LogP contribution in [-0.4, -0.2) is 61.9 Å². The van der Waals surface area contributed by atoms with E-state index in [2.05, 4.69) is 20.8 Å². The van der Waals surface area contributed by atoms with E-state index in [4.69, 9.17) is 5.11 Å². The first kappa shape index (κ1) is 17.4. The standard InChI is InChI=1S/C14H19BrN2O4S/c1-16-7-3-4-11(9-16)17(2)22(20,21)13-6-5-10(14(18)19)8-12(13)15/h5-6,8,11H,3-4,7,9H2,1-2H3,(H,18,19). The molecule has 1 N–H and O–H groups in total. The maximum absolute atomic E-state index is 12.8. The summed E-state index contributed by atoms with van der Waals surface area (Å²) in [6.07, 6.45) is 1.78. The number of aromatic carboxylic acids is 1. The minimum Gasteiger partial charge on any atom is -0.478 e. The molecule has 1 saturated heterocycles. The summed E-state index contributed by atoms with van der Waals surface area (Å²) in [5.74, 6) is -1.09. The van der Waals surface area contributed by atoms with Crippen molar-refractivity contribution in [3.8, 4) is 0 Å². The van der Waals surface area contributed by atoms with Crippen LogP contribution in [0.5, 0.6) is 0 Å². The van der Waals surface area contributed by atoms with E-state index in [-0.39, 0.29) is 21.0 Å². The lowest BCUT2D eigenvalue weighted by Gasteiger charge is -2.35. The van der Waals surface area contributed by atoms with E-state index < -0.39 is 16.0 Å². The summed E-state index contributed by atoms with van der Waals surface area (Å²) < 4.78 is 27.2. The number of piperidine rings is 1. The Labute approximate surface area is 138 Å². The van der Waals surface area contributed by atoms with Gasteiger partial charge in [-0.25, -0.2) is 13.2 Å². The van der Waals surface area contributed by atoms with Crippen LogP contribution in [0.1, 0.15) is 23.2 Å². The van der Waals surface area contributed by atoms with Gasteiger partial charge in [0.05, 0.1) is 10.5 Å². The second-order valence-electron chi connectivity index (χ2n) is 5.53. The van der Waals surface area contributed by atoms with E-state index in [1.54, 1.807) is 7.05 Å². The Balaban J connectivity index is 2.31. The average molecular weight is 391 g/mol. The van der Waals surface area contributed by atoms with Crippen molar-refractivity contribution in [3.63, 3.8) is 0 Å². The fourth-order valence-electron chi connectivity index (χ4n) is 2.63. The molecule has 0 saturated carbocycles. The van der Waals surface area contributed by atoms with Gasteiger partial charge in [-0.2, -0.15) is 4.31 Å². The highest BCUT2D eigenvalue weighted by Gasteiger charge is 2.31. The van der Waals surface area contributed by atoms with Gasteiger partial charge in [0.15, 0.2) is 0 Å². The highest BCUT2D eigenvalue weighted by Crippen LogP contribution is 2.28. The van der Waals surface area contributed by atoms with Crippen LogP contribution in [0.3, 0.4) is 0 Å². The van der Waals surface area contributed by atoms with Crippen molar-refractivity contribution < 1.29 is 18.3 Å². The zero-order chi connectivity index (χ0) is 16.5. The number of carbonyl (C=O) groups is 1. The van der Waals surface area contributed by atoms with Crippen LogP contribution in [0.15, 0.2) is 27.6 Å². The normalized spacial score (nSPS) is 20.3. The molecule has 0 bridgehead atoms. The number of likely N-dealkylation sites (tertiary alicyclic amines) is 1. The Hall–Kier alpha value is -0.960. The molecule has 0 aliphatic carbocycles. The first-order chi connectivity index (χ1) is 10.2. The molecule has 1 aliphatic rings. The molecule has 1 heterocycles. The van der Waals surface area contributed by atoms with Crippen LogP contribution in [-0.2, 0) is 10.0 Å². The number of hydrogen-bond acceptors (Lipinski definition) is 4. The molecule has 1 unspecified atom stereocenters. The van der Waals surface area contributed by atoms with Crippen molar-refractivity contribution >= 4 is 31.9 Å². The summed E-state index contributed by atoms with van der Waals surface area (Å²) in [6.45, 7) is 1.67. The third kappa shape index (κ3) is 3.51. The van der Waals surface area contributed by atoms with Crippen LogP contribution in [0.2, 0.25) is 0 Å². The van der Waals surface area contributed by atoms with Gasteiger partial charge < -0.3 is 10.0 Å². The number of halogens is 1. The molecule has 8 heteroatoms. The van der Waals surface area contributed by atoms with Gasteiger partial charge in [-0.05, 0) is 60.6 Å². The fourth-order valence-corrected chi connectivity index (χ4v) is 5.04. The lowest BCUT2D eigenvalue weighted by atomic mass is 10.1. The number of benzene rings is 1. The largest absolute Gasteiger partial charge is 0.478 e. The van der Waals surface area contributed by atoms with Gasteiger partial charge in [0.2, 0.25) is 10.0 Å². The van der Waals surface area contributed by atoms with Crippen molar-refractivity contribution in [2.75, 3.05) is 27.2 Å². The van der Waals surface area contributed by atoms with Crippen LogP contribution < -0.4 is 0 Å². The molecule has 0 spiro atoms. The summed E-state index contributed by atoms with van der Waals surface area (Å²) in [5, 5.41) is 8.96. The average Bonchev–Trinajstić information content (AvgIpc) is 2.45. The molecule has 1 aromatic carbocycles. The van der Waals surface area contributed by atoms with Gasteiger partial charge in [0.1, 0.15) is 0 Å². The van der Waals surface area contributed by atoms with E-state index >= 15 is 0 Å². The molecule has 1 fully saturated rings. The SMILES string of the molecule is CN1CCCC(N(C)S(=O)(=O)c2ccc(C(=O)O)cc2Br)C1. The van der Waals surface area contributed by atoms with Gasteiger partial charge in [-0.1, -0.05) is 0 Å². The maximum atomic E-state index is 12.8. The highest BCUT2D eigenvalue weighted by molar-refractivity contribution is 9.10. The minimum atomic E-state index is -3.67. The Morgan fingerprint density at radius 2 is 2.14 bits per heavy atom. The molecule has 1 aromatic rings. The molecule has 1 atom stereocenters. The zero-order valence-corrected chi connectivity index (χ0v) is 14.9. The zero-order valence-electron chi connectivity index (χ0n) is 12.5. The van der Waals surface area contributed by atoms with Gasteiger partial charge in [-0.3, -0.25) is 0 Å². The number of carboxylic acids is 1. The van der Waals surface area contributed by atoms with E-state index in [0.29, 0.717) is 6.54 Å². The lowest BCUT2D eigenvalue weighted by molar-refractivity contribution is 0.0696. The molecule has 0 aromatic heterocycles. The summed E-state index contributed by atoms with van der Waals surface area (Å²) in [5.41, 5.74) is 0.0471. The number of sulfonamides is 1. The maximum Gasteiger partial charge on any atom is 0.335 e. The predicted molar refractivity (Wildman–Crippen MR) is 86.6 cm³/mol. The summed E-state index contributed by atoms with van der Waals surface area (Å²) in [4.78, 5) is 13.2. The lowest BCUT2D eigenvalue weighted by Crippen LogP contribution is -2.47. The minimum absolute atomic E-state index is 0.0471. The summed E-state index contributed by atoms with van der Waals surface area (Å²) >= 11 is 3.18.